The number of aliphatic hydroxyl groups is 1. The number of halogens is 1. The third kappa shape index (κ3) is 6.21. The van der Waals surface area contributed by atoms with Crippen LogP contribution < -0.4 is 24.0 Å². The van der Waals surface area contributed by atoms with E-state index >= 15 is 0 Å². The zero-order valence-corrected chi connectivity index (χ0v) is 21.5. The molecule has 0 saturated carbocycles. The number of fused-ring (bicyclic) bond motifs is 3. The van der Waals surface area contributed by atoms with Gasteiger partial charge in [0.05, 0.1) is 25.7 Å². The van der Waals surface area contributed by atoms with E-state index in [-0.39, 0.29) is 24.0 Å². The second kappa shape index (κ2) is 13.0. The predicted molar refractivity (Wildman–Crippen MR) is 123 cm³/mol. The molecule has 0 bridgehead atoms. The van der Waals surface area contributed by atoms with Crippen LogP contribution in [0.1, 0.15) is 108 Å². The van der Waals surface area contributed by atoms with Crippen molar-refractivity contribution in [1.82, 2.24) is 4.90 Å². The second-order valence-corrected chi connectivity index (χ2v) is 9.25. The molecule has 170 valence electrons. The van der Waals surface area contributed by atoms with Gasteiger partial charge < -0.3 is 29.1 Å². The maximum Gasteiger partial charge on any atom is 0.282 e. The van der Waals surface area contributed by atoms with Gasteiger partial charge in [-0.05, 0) is 12.5 Å². The van der Waals surface area contributed by atoms with Crippen molar-refractivity contribution in [3.63, 3.8) is 0 Å². The average molecular weight is 527 g/mol. The second-order valence-electron chi connectivity index (χ2n) is 9.25. The van der Waals surface area contributed by atoms with Crippen molar-refractivity contribution < 1.29 is 33.7 Å². The van der Waals surface area contributed by atoms with Crippen molar-refractivity contribution in [2.75, 3.05) is 20.1 Å². The Hall–Kier alpha value is -0.620. The van der Waals surface area contributed by atoms with E-state index in [1.165, 1.54) is 82.0 Å². The molecule has 0 saturated heterocycles. The first kappa shape index (κ1) is 25.6. The van der Waals surface area contributed by atoms with Gasteiger partial charge >= 0.3 is 0 Å². The summed E-state index contributed by atoms with van der Waals surface area (Å²) in [6, 6.07) is 8.49. The Bertz CT molecular complexity index is 675. The van der Waals surface area contributed by atoms with Crippen molar-refractivity contribution in [3.05, 3.63) is 35.4 Å². The molecule has 4 heteroatoms. The summed E-state index contributed by atoms with van der Waals surface area (Å²) in [7, 11) is 2.16. The van der Waals surface area contributed by atoms with Crippen LogP contribution in [0.15, 0.2) is 24.3 Å². The van der Waals surface area contributed by atoms with E-state index in [1.54, 1.807) is 0 Å². The summed E-state index contributed by atoms with van der Waals surface area (Å²) in [5, 5.41) is 11.7. The maximum atomic E-state index is 11.7. The van der Waals surface area contributed by atoms with Gasteiger partial charge in [0.15, 0.2) is 0 Å². The fraction of sp³-hybridized carbons (Fsp3) is 0.731. The highest BCUT2D eigenvalue weighted by molar-refractivity contribution is 6.00. The Labute approximate surface area is 202 Å². The molecule has 2 aliphatic heterocycles. The number of nitrogens with zero attached hydrogens (tertiary/aromatic N) is 2. The summed E-state index contributed by atoms with van der Waals surface area (Å²) in [6.45, 7) is 4.32. The fourth-order valence-electron chi connectivity index (χ4n) is 5.25. The lowest BCUT2D eigenvalue weighted by Crippen LogP contribution is -3.00. The van der Waals surface area contributed by atoms with Gasteiger partial charge in [-0.25, -0.2) is 4.90 Å². The van der Waals surface area contributed by atoms with Gasteiger partial charge in [0.1, 0.15) is 0 Å². The number of hydrogen-bond donors (Lipinski definition) is 1. The van der Waals surface area contributed by atoms with Gasteiger partial charge in [0, 0.05) is 18.4 Å². The van der Waals surface area contributed by atoms with E-state index in [9.17, 15) is 5.11 Å². The van der Waals surface area contributed by atoms with Gasteiger partial charge in [0.2, 0.25) is 5.72 Å². The highest BCUT2D eigenvalue weighted by Gasteiger charge is 2.53. The Kier molecular flexibility index (Phi) is 11.2. The first-order valence-electron chi connectivity index (χ1n) is 12.4. The van der Waals surface area contributed by atoms with Crippen LogP contribution in [0.3, 0.4) is 0 Å². The quantitative estimate of drug-likeness (QED) is 0.243. The number of unbranched alkanes of at least 4 members (excludes halogenated alkanes) is 11. The van der Waals surface area contributed by atoms with Gasteiger partial charge in [-0.1, -0.05) is 95.8 Å². The molecule has 1 aromatic carbocycles. The van der Waals surface area contributed by atoms with Crippen LogP contribution in [0, 0.1) is 0 Å². The molecule has 1 unspecified atom stereocenters. The van der Waals surface area contributed by atoms with E-state index in [1.807, 2.05) is 0 Å². The summed E-state index contributed by atoms with van der Waals surface area (Å²) in [6.07, 6.45) is 18.2. The number of amidine groups is 1. The Morgan fingerprint density at radius 1 is 0.900 bits per heavy atom. The summed E-state index contributed by atoms with van der Waals surface area (Å²) in [5.41, 5.74) is 1.54. The topological polar surface area (TPSA) is 26.5 Å². The van der Waals surface area contributed by atoms with Crippen molar-refractivity contribution >= 4 is 5.84 Å². The molecule has 2 heterocycles. The molecule has 0 radical (unpaired) electrons. The highest BCUT2D eigenvalue weighted by Crippen LogP contribution is 2.42. The third-order valence-electron chi connectivity index (χ3n) is 6.92. The minimum absolute atomic E-state index is 0. The molecule has 1 atom stereocenters. The van der Waals surface area contributed by atoms with Crippen LogP contribution >= 0.6 is 0 Å². The van der Waals surface area contributed by atoms with Crippen LogP contribution in [-0.4, -0.2) is 40.6 Å². The number of hydrogen-bond acceptors (Lipinski definition) is 2. The lowest BCUT2D eigenvalue weighted by molar-refractivity contribution is -0.510. The van der Waals surface area contributed by atoms with Gasteiger partial charge in [0.25, 0.3) is 5.84 Å². The van der Waals surface area contributed by atoms with Crippen molar-refractivity contribution in [2.24, 2.45) is 0 Å². The zero-order valence-electron chi connectivity index (χ0n) is 19.3. The number of rotatable bonds is 13. The molecule has 0 fully saturated rings. The predicted octanol–water partition coefficient (Wildman–Crippen LogP) is 3.04. The molecule has 0 amide bonds. The Morgan fingerprint density at radius 2 is 1.47 bits per heavy atom. The minimum Gasteiger partial charge on any atom is -1.00 e. The Balaban J connectivity index is 0.00000320. The van der Waals surface area contributed by atoms with Crippen LogP contribution in [0.25, 0.3) is 0 Å². The molecule has 0 aliphatic carbocycles. The van der Waals surface area contributed by atoms with Crippen LogP contribution in [0.5, 0.6) is 0 Å². The number of benzene rings is 1. The molecule has 0 spiro atoms. The molecule has 3 rings (SSSR count). The summed E-state index contributed by atoms with van der Waals surface area (Å²) in [5.74, 6) is 1.23. The molecular formula is C26H43IN2O. The van der Waals surface area contributed by atoms with E-state index in [2.05, 4.69) is 47.7 Å². The SMILES string of the molecule is CCCCCCCCCCCCCCC1(O)c2ccccc2C2=[N+](C)CCCN21.[I-]. The molecular weight excluding hydrogens is 483 g/mol. The van der Waals surface area contributed by atoms with E-state index in [0.717, 1.165) is 37.9 Å². The monoisotopic (exact) mass is 526 g/mol. The summed E-state index contributed by atoms with van der Waals surface area (Å²) < 4.78 is 2.32. The summed E-state index contributed by atoms with van der Waals surface area (Å²) in [4.78, 5) is 2.28. The first-order chi connectivity index (χ1) is 14.2. The zero-order chi connectivity index (χ0) is 20.5. The molecule has 0 aromatic heterocycles. The van der Waals surface area contributed by atoms with Crippen molar-refractivity contribution in [1.29, 1.82) is 0 Å². The van der Waals surface area contributed by atoms with Gasteiger partial charge in [-0.15, -0.1) is 0 Å². The normalized spacial score (nSPS) is 20.2. The van der Waals surface area contributed by atoms with Gasteiger partial charge in [-0.2, -0.15) is 0 Å². The molecule has 1 N–H and O–H groups in total. The standard InChI is InChI=1S/C26H43N2O.HI/c1-3-4-5-6-7-8-9-10-11-12-13-16-20-26(29)24-19-15-14-18-23(24)25-27(2)21-17-22-28(25)26;/h14-15,18-19,29H,3-13,16-17,20-22H2,1-2H3;1H/q+1;/p-1. The highest BCUT2D eigenvalue weighted by atomic mass is 127. The van der Waals surface area contributed by atoms with E-state index < -0.39 is 5.72 Å². The molecule has 30 heavy (non-hydrogen) atoms. The maximum absolute atomic E-state index is 11.7. The van der Waals surface area contributed by atoms with Crippen molar-refractivity contribution in [2.45, 2.75) is 103 Å². The van der Waals surface area contributed by atoms with E-state index in [0.29, 0.717) is 0 Å². The van der Waals surface area contributed by atoms with Crippen LogP contribution in [0.4, 0.5) is 0 Å². The van der Waals surface area contributed by atoms with E-state index in [4.69, 9.17) is 0 Å². The Morgan fingerprint density at radius 3 is 2.10 bits per heavy atom. The van der Waals surface area contributed by atoms with Crippen molar-refractivity contribution in [3.8, 4) is 0 Å². The average Bonchev–Trinajstić information content (AvgIpc) is 2.99. The molecule has 3 nitrogen and oxygen atoms in total. The summed E-state index contributed by atoms with van der Waals surface area (Å²) >= 11 is 0. The smallest absolute Gasteiger partial charge is 0.282 e. The molecule has 1 aromatic rings. The van der Waals surface area contributed by atoms with Crippen LogP contribution in [0.2, 0.25) is 0 Å². The van der Waals surface area contributed by atoms with Crippen LogP contribution in [-0.2, 0) is 5.72 Å². The fourth-order valence-corrected chi connectivity index (χ4v) is 5.25. The first-order valence-corrected chi connectivity index (χ1v) is 12.4. The van der Waals surface area contributed by atoms with Gasteiger partial charge in [-0.3, -0.25) is 4.58 Å². The lowest BCUT2D eigenvalue weighted by Gasteiger charge is -2.32. The minimum atomic E-state index is -0.806. The largest absolute Gasteiger partial charge is 1.00 e. The lowest BCUT2D eigenvalue weighted by atomic mass is 9.95. The molecule has 2 aliphatic rings. The third-order valence-corrected chi connectivity index (χ3v) is 6.92.